The Morgan fingerprint density at radius 1 is 1.45 bits per heavy atom. The molecule has 1 fully saturated rings. The summed E-state index contributed by atoms with van der Waals surface area (Å²) in [6, 6.07) is 5.08. The summed E-state index contributed by atoms with van der Waals surface area (Å²) in [5, 5.41) is 17.6. The molecule has 0 aromatic heterocycles. The third kappa shape index (κ3) is 2.69. The van der Waals surface area contributed by atoms with Crippen LogP contribution in [0, 0.1) is 11.3 Å². The molecular weight excluding hydrogens is 273 g/mol. The van der Waals surface area contributed by atoms with Crippen LogP contribution in [0.3, 0.4) is 0 Å². The number of amides is 1. The van der Waals surface area contributed by atoms with Gasteiger partial charge in [-0.3, -0.25) is 0 Å². The minimum Gasteiger partial charge on any atom is -0.465 e. The van der Waals surface area contributed by atoms with Gasteiger partial charge in [0.1, 0.15) is 0 Å². The van der Waals surface area contributed by atoms with E-state index in [1.165, 1.54) is 17.0 Å². The summed E-state index contributed by atoms with van der Waals surface area (Å²) in [4.78, 5) is 12.0. The minimum absolute atomic E-state index is 0.179. The first-order valence-corrected chi connectivity index (χ1v) is 5.92. The Bertz CT molecular complexity index is 578. The van der Waals surface area contributed by atoms with Crippen LogP contribution in [-0.4, -0.2) is 29.2 Å². The quantitative estimate of drug-likeness (QED) is 0.862. The zero-order valence-corrected chi connectivity index (χ0v) is 10.3. The van der Waals surface area contributed by atoms with Gasteiger partial charge in [-0.2, -0.15) is 18.4 Å². The predicted molar refractivity (Wildman–Crippen MR) is 63.1 cm³/mol. The van der Waals surface area contributed by atoms with Crippen LogP contribution in [0.2, 0.25) is 0 Å². The first-order chi connectivity index (χ1) is 9.32. The van der Waals surface area contributed by atoms with Crippen LogP contribution in [0.4, 0.5) is 18.0 Å². The van der Waals surface area contributed by atoms with Crippen molar-refractivity contribution in [2.75, 3.05) is 13.1 Å². The lowest BCUT2D eigenvalue weighted by atomic mass is 9.94. The van der Waals surface area contributed by atoms with Gasteiger partial charge in [0.25, 0.3) is 0 Å². The highest BCUT2D eigenvalue weighted by molar-refractivity contribution is 5.65. The van der Waals surface area contributed by atoms with Gasteiger partial charge in [-0.1, -0.05) is 6.07 Å². The van der Waals surface area contributed by atoms with Crippen molar-refractivity contribution in [2.24, 2.45) is 0 Å². The maximum absolute atomic E-state index is 12.9. The molecule has 0 saturated carbocycles. The van der Waals surface area contributed by atoms with Gasteiger partial charge in [-0.05, 0) is 24.1 Å². The average Bonchev–Trinajstić information content (AvgIpc) is 2.86. The summed E-state index contributed by atoms with van der Waals surface area (Å²) < 4.78 is 38.6. The third-order valence-electron chi connectivity index (χ3n) is 3.40. The van der Waals surface area contributed by atoms with E-state index < -0.39 is 23.4 Å². The van der Waals surface area contributed by atoms with Gasteiger partial charge in [0, 0.05) is 19.0 Å². The van der Waals surface area contributed by atoms with E-state index in [-0.39, 0.29) is 12.5 Å². The number of alkyl halides is 3. The standard InChI is InChI=1S/C13H11F3N2O2/c14-13(15,16)11-5-8(1-2-9(11)6-17)10-3-4-18(7-10)12(19)20/h1-2,5,10H,3-4,7H2,(H,19,20). The van der Waals surface area contributed by atoms with E-state index in [4.69, 9.17) is 10.4 Å². The highest BCUT2D eigenvalue weighted by Crippen LogP contribution is 2.35. The fourth-order valence-corrected chi connectivity index (χ4v) is 2.35. The molecule has 0 spiro atoms. The molecule has 1 aromatic carbocycles. The molecular formula is C13H11F3N2O2. The van der Waals surface area contributed by atoms with Gasteiger partial charge in [-0.15, -0.1) is 0 Å². The molecule has 20 heavy (non-hydrogen) atoms. The summed E-state index contributed by atoms with van der Waals surface area (Å²) in [6.45, 7) is 0.486. The van der Waals surface area contributed by atoms with Crippen molar-refractivity contribution in [3.63, 3.8) is 0 Å². The highest BCUT2D eigenvalue weighted by Gasteiger charge is 2.35. The summed E-state index contributed by atoms with van der Waals surface area (Å²) in [5.41, 5.74) is -0.972. The van der Waals surface area contributed by atoms with Crippen LogP contribution >= 0.6 is 0 Å². The number of nitrogens with zero attached hydrogens (tertiary/aromatic N) is 2. The number of benzene rings is 1. The smallest absolute Gasteiger partial charge is 0.417 e. The van der Waals surface area contributed by atoms with Gasteiger partial charge in [0.05, 0.1) is 17.2 Å². The molecule has 1 heterocycles. The molecule has 0 aliphatic carbocycles. The minimum atomic E-state index is -4.59. The molecule has 1 aliphatic rings. The first kappa shape index (κ1) is 14.2. The van der Waals surface area contributed by atoms with E-state index in [1.807, 2.05) is 0 Å². The first-order valence-electron chi connectivity index (χ1n) is 5.92. The number of hydrogen-bond acceptors (Lipinski definition) is 2. The molecule has 1 aromatic rings. The molecule has 1 atom stereocenters. The third-order valence-corrected chi connectivity index (χ3v) is 3.40. The van der Waals surface area contributed by atoms with Crippen molar-refractivity contribution < 1.29 is 23.1 Å². The monoisotopic (exact) mass is 284 g/mol. The number of likely N-dealkylation sites (tertiary alicyclic amines) is 1. The van der Waals surface area contributed by atoms with Crippen LogP contribution < -0.4 is 0 Å². The Morgan fingerprint density at radius 2 is 2.15 bits per heavy atom. The second-order valence-electron chi connectivity index (χ2n) is 4.63. The van der Waals surface area contributed by atoms with E-state index in [0.29, 0.717) is 18.5 Å². The Balaban J connectivity index is 2.31. The van der Waals surface area contributed by atoms with Crippen molar-refractivity contribution in [1.29, 1.82) is 5.26 Å². The lowest BCUT2D eigenvalue weighted by molar-refractivity contribution is -0.137. The van der Waals surface area contributed by atoms with Crippen molar-refractivity contribution in [3.8, 4) is 6.07 Å². The summed E-state index contributed by atoms with van der Waals surface area (Å²) in [5.74, 6) is -0.264. The lowest BCUT2D eigenvalue weighted by Gasteiger charge is -2.15. The lowest BCUT2D eigenvalue weighted by Crippen LogP contribution is -2.26. The number of hydrogen-bond donors (Lipinski definition) is 1. The fraction of sp³-hybridized carbons (Fsp3) is 0.385. The van der Waals surface area contributed by atoms with E-state index in [0.717, 1.165) is 12.1 Å². The molecule has 1 aliphatic heterocycles. The number of nitriles is 1. The molecule has 1 amide bonds. The predicted octanol–water partition coefficient (Wildman–Crippen LogP) is 3.04. The molecule has 0 bridgehead atoms. The normalized spacial score (nSPS) is 18.9. The van der Waals surface area contributed by atoms with Gasteiger partial charge >= 0.3 is 12.3 Å². The summed E-state index contributed by atoms with van der Waals surface area (Å²) in [7, 11) is 0. The number of rotatable bonds is 1. The molecule has 1 N–H and O–H groups in total. The second kappa shape index (κ2) is 5.04. The number of carboxylic acid groups (broad SMARTS) is 1. The van der Waals surface area contributed by atoms with Crippen molar-refractivity contribution in [1.82, 2.24) is 4.90 Å². The summed E-state index contributed by atoms with van der Waals surface area (Å²) >= 11 is 0. The second-order valence-corrected chi connectivity index (χ2v) is 4.63. The zero-order chi connectivity index (χ0) is 14.9. The van der Waals surface area contributed by atoms with Crippen LogP contribution in [0.5, 0.6) is 0 Å². The van der Waals surface area contributed by atoms with Gasteiger partial charge in [0.15, 0.2) is 0 Å². The van der Waals surface area contributed by atoms with Crippen LogP contribution in [0.1, 0.15) is 29.0 Å². The van der Waals surface area contributed by atoms with Crippen LogP contribution in [0.15, 0.2) is 18.2 Å². The summed E-state index contributed by atoms with van der Waals surface area (Å²) in [6.07, 6.45) is -5.18. The largest absolute Gasteiger partial charge is 0.465 e. The van der Waals surface area contributed by atoms with E-state index >= 15 is 0 Å². The Kier molecular flexibility index (Phi) is 3.57. The van der Waals surface area contributed by atoms with Crippen molar-refractivity contribution >= 4 is 6.09 Å². The SMILES string of the molecule is N#Cc1ccc(C2CCN(C(=O)O)C2)cc1C(F)(F)F. The maximum Gasteiger partial charge on any atom is 0.417 e. The Morgan fingerprint density at radius 3 is 2.65 bits per heavy atom. The molecule has 106 valence electrons. The van der Waals surface area contributed by atoms with Gasteiger partial charge < -0.3 is 10.0 Å². The van der Waals surface area contributed by atoms with Crippen LogP contribution in [0.25, 0.3) is 0 Å². The van der Waals surface area contributed by atoms with E-state index in [2.05, 4.69) is 0 Å². The highest BCUT2D eigenvalue weighted by atomic mass is 19.4. The van der Waals surface area contributed by atoms with Crippen molar-refractivity contribution in [2.45, 2.75) is 18.5 Å². The molecule has 1 saturated heterocycles. The van der Waals surface area contributed by atoms with E-state index in [9.17, 15) is 18.0 Å². The molecule has 2 rings (SSSR count). The molecule has 0 radical (unpaired) electrons. The number of carbonyl (C=O) groups is 1. The van der Waals surface area contributed by atoms with Gasteiger partial charge in [0.2, 0.25) is 0 Å². The average molecular weight is 284 g/mol. The number of halogens is 3. The molecule has 7 heteroatoms. The Hall–Kier alpha value is -2.23. The van der Waals surface area contributed by atoms with Gasteiger partial charge in [-0.25, -0.2) is 4.79 Å². The molecule has 4 nitrogen and oxygen atoms in total. The van der Waals surface area contributed by atoms with E-state index in [1.54, 1.807) is 0 Å². The maximum atomic E-state index is 12.9. The van der Waals surface area contributed by atoms with Crippen molar-refractivity contribution in [3.05, 3.63) is 34.9 Å². The topological polar surface area (TPSA) is 64.3 Å². The molecule has 1 unspecified atom stereocenters. The zero-order valence-electron chi connectivity index (χ0n) is 10.3. The van der Waals surface area contributed by atoms with Crippen LogP contribution in [-0.2, 0) is 6.18 Å². The fourth-order valence-electron chi connectivity index (χ4n) is 2.35. The Labute approximate surface area is 113 Å².